The van der Waals surface area contributed by atoms with Gasteiger partial charge in [-0.05, 0) is 18.4 Å². The number of nitriles is 1. The molecule has 0 aliphatic carbocycles. The van der Waals surface area contributed by atoms with Crippen molar-refractivity contribution in [2.45, 2.75) is 5.16 Å². The first kappa shape index (κ1) is 18.3. The predicted octanol–water partition coefficient (Wildman–Crippen LogP) is 4.06. The van der Waals surface area contributed by atoms with Crippen LogP contribution < -0.4 is 9.80 Å². The number of thioether (sulfide) groups is 1. The van der Waals surface area contributed by atoms with Crippen LogP contribution in [0.15, 0.2) is 65.8 Å². The normalized spacial score (nSPS) is 14.0. The van der Waals surface area contributed by atoms with Crippen molar-refractivity contribution in [2.24, 2.45) is 0 Å². The van der Waals surface area contributed by atoms with Gasteiger partial charge >= 0.3 is 0 Å². The topological polar surface area (TPSA) is 56.1 Å². The van der Waals surface area contributed by atoms with Crippen LogP contribution in [0.1, 0.15) is 5.56 Å². The van der Waals surface area contributed by atoms with Crippen molar-refractivity contribution in [2.75, 3.05) is 42.2 Å². The highest BCUT2D eigenvalue weighted by Crippen LogP contribution is 2.31. The van der Waals surface area contributed by atoms with Crippen LogP contribution in [-0.2, 0) is 0 Å². The standard InChI is InChI=1S/C22H21N5S/c1-28-22-24-20(17-8-4-2-5-9-17)19(16-23)21(25-22)27-14-12-26(13-15-27)18-10-6-3-7-11-18/h2-11H,12-15H2,1H3. The smallest absolute Gasteiger partial charge is 0.189 e. The molecule has 6 heteroatoms. The molecule has 0 N–H and O–H groups in total. The molecule has 0 saturated carbocycles. The van der Waals surface area contributed by atoms with Gasteiger partial charge in [0, 0.05) is 37.4 Å². The van der Waals surface area contributed by atoms with Crippen LogP contribution in [0.3, 0.4) is 0 Å². The fourth-order valence-electron chi connectivity index (χ4n) is 3.47. The highest BCUT2D eigenvalue weighted by molar-refractivity contribution is 7.98. The fourth-order valence-corrected chi connectivity index (χ4v) is 3.83. The lowest BCUT2D eigenvalue weighted by Gasteiger charge is -2.37. The Hall–Kier alpha value is -3.04. The molecule has 28 heavy (non-hydrogen) atoms. The molecule has 3 aromatic rings. The van der Waals surface area contributed by atoms with Crippen molar-refractivity contribution in [3.8, 4) is 17.3 Å². The van der Waals surface area contributed by atoms with E-state index in [9.17, 15) is 5.26 Å². The van der Waals surface area contributed by atoms with E-state index in [4.69, 9.17) is 4.98 Å². The first-order chi connectivity index (χ1) is 13.8. The van der Waals surface area contributed by atoms with Gasteiger partial charge in [-0.1, -0.05) is 60.3 Å². The first-order valence-electron chi connectivity index (χ1n) is 9.26. The second-order valence-corrected chi connectivity index (χ2v) is 7.32. The van der Waals surface area contributed by atoms with Crippen LogP contribution in [0.25, 0.3) is 11.3 Å². The number of para-hydroxylation sites is 1. The largest absolute Gasteiger partial charge is 0.368 e. The van der Waals surface area contributed by atoms with Gasteiger partial charge in [0.25, 0.3) is 0 Å². The number of hydrogen-bond acceptors (Lipinski definition) is 6. The van der Waals surface area contributed by atoms with Crippen molar-refractivity contribution in [3.05, 3.63) is 66.2 Å². The van der Waals surface area contributed by atoms with E-state index < -0.39 is 0 Å². The zero-order valence-corrected chi connectivity index (χ0v) is 16.6. The molecule has 2 heterocycles. The molecule has 0 amide bonds. The third-order valence-corrected chi connectivity index (χ3v) is 5.46. The molecule has 5 nitrogen and oxygen atoms in total. The van der Waals surface area contributed by atoms with E-state index >= 15 is 0 Å². The summed E-state index contributed by atoms with van der Waals surface area (Å²) in [5.74, 6) is 0.744. The summed E-state index contributed by atoms with van der Waals surface area (Å²) in [4.78, 5) is 13.9. The molecule has 4 rings (SSSR count). The lowest BCUT2D eigenvalue weighted by Crippen LogP contribution is -2.47. The number of rotatable bonds is 4. The molecule has 1 aromatic heterocycles. The van der Waals surface area contributed by atoms with Gasteiger partial charge in [-0.15, -0.1) is 0 Å². The first-order valence-corrected chi connectivity index (χ1v) is 10.5. The second kappa shape index (κ2) is 8.32. The monoisotopic (exact) mass is 387 g/mol. The van der Waals surface area contributed by atoms with E-state index in [0.717, 1.165) is 37.6 Å². The van der Waals surface area contributed by atoms with E-state index in [2.05, 4.69) is 45.1 Å². The molecule has 0 bridgehead atoms. The molecule has 1 fully saturated rings. The van der Waals surface area contributed by atoms with Crippen LogP contribution in [-0.4, -0.2) is 42.4 Å². The fraction of sp³-hybridized carbons (Fsp3) is 0.227. The molecule has 0 spiro atoms. The summed E-state index contributed by atoms with van der Waals surface area (Å²) in [6, 6.07) is 22.7. The molecule has 0 atom stereocenters. The Labute approximate surface area is 169 Å². The highest BCUT2D eigenvalue weighted by atomic mass is 32.2. The Kier molecular flexibility index (Phi) is 5.45. The van der Waals surface area contributed by atoms with Gasteiger partial charge < -0.3 is 9.80 Å². The average Bonchev–Trinajstić information content (AvgIpc) is 2.79. The minimum Gasteiger partial charge on any atom is -0.368 e. The van der Waals surface area contributed by atoms with Crippen molar-refractivity contribution < 1.29 is 0 Å². The molecule has 2 aromatic carbocycles. The van der Waals surface area contributed by atoms with E-state index in [1.165, 1.54) is 17.4 Å². The Balaban J connectivity index is 1.66. The van der Waals surface area contributed by atoms with E-state index in [-0.39, 0.29) is 0 Å². The van der Waals surface area contributed by atoms with Crippen molar-refractivity contribution >= 4 is 23.3 Å². The van der Waals surface area contributed by atoms with E-state index in [1.54, 1.807) is 0 Å². The number of nitrogens with zero attached hydrogens (tertiary/aromatic N) is 5. The molecular weight excluding hydrogens is 366 g/mol. The lowest BCUT2D eigenvalue weighted by molar-refractivity contribution is 0.643. The van der Waals surface area contributed by atoms with Crippen LogP contribution in [0.5, 0.6) is 0 Å². The van der Waals surface area contributed by atoms with E-state index in [0.29, 0.717) is 16.4 Å². The Morgan fingerprint density at radius 3 is 2.07 bits per heavy atom. The van der Waals surface area contributed by atoms with Crippen LogP contribution in [0.4, 0.5) is 11.5 Å². The number of hydrogen-bond donors (Lipinski definition) is 0. The molecule has 0 radical (unpaired) electrons. The molecule has 140 valence electrons. The third-order valence-electron chi connectivity index (χ3n) is 4.91. The maximum atomic E-state index is 9.91. The summed E-state index contributed by atoms with van der Waals surface area (Å²) in [7, 11) is 0. The van der Waals surface area contributed by atoms with E-state index in [1.807, 2.05) is 42.7 Å². The second-order valence-electron chi connectivity index (χ2n) is 6.54. The molecule has 1 aliphatic heterocycles. The maximum Gasteiger partial charge on any atom is 0.189 e. The van der Waals surface area contributed by atoms with Gasteiger partial charge in [-0.2, -0.15) is 5.26 Å². The summed E-state index contributed by atoms with van der Waals surface area (Å²) in [6.45, 7) is 3.44. The van der Waals surface area contributed by atoms with Gasteiger partial charge in [0.2, 0.25) is 0 Å². The lowest BCUT2D eigenvalue weighted by atomic mass is 10.1. The zero-order chi connectivity index (χ0) is 19.3. The van der Waals surface area contributed by atoms with Crippen molar-refractivity contribution in [1.29, 1.82) is 5.26 Å². The summed E-state index contributed by atoms with van der Waals surface area (Å²) in [5, 5.41) is 10.6. The highest BCUT2D eigenvalue weighted by Gasteiger charge is 2.24. The molecule has 0 unspecified atom stereocenters. The minimum atomic E-state index is 0.553. The molecule has 1 saturated heterocycles. The third kappa shape index (κ3) is 3.67. The zero-order valence-electron chi connectivity index (χ0n) is 15.7. The SMILES string of the molecule is CSc1nc(-c2ccccc2)c(C#N)c(N2CCN(c3ccccc3)CC2)n1. The number of aromatic nitrogens is 2. The van der Waals surface area contributed by atoms with Crippen molar-refractivity contribution in [1.82, 2.24) is 9.97 Å². The minimum absolute atomic E-state index is 0.553. The summed E-state index contributed by atoms with van der Waals surface area (Å²) >= 11 is 1.50. The van der Waals surface area contributed by atoms with Gasteiger partial charge in [-0.25, -0.2) is 9.97 Å². The Morgan fingerprint density at radius 1 is 0.857 bits per heavy atom. The van der Waals surface area contributed by atoms with Gasteiger partial charge in [0.15, 0.2) is 11.0 Å². The molecular formula is C22H21N5S. The van der Waals surface area contributed by atoms with Crippen LogP contribution in [0.2, 0.25) is 0 Å². The van der Waals surface area contributed by atoms with Crippen LogP contribution in [0, 0.1) is 11.3 Å². The molecule has 1 aliphatic rings. The Morgan fingerprint density at radius 2 is 1.46 bits per heavy atom. The van der Waals surface area contributed by atoms with Gasteiger partial charge in [0.1, 0.15) is 11.6 Å². The quantitative estimate of drug-likeness (QED) is 0.497. The van der Waals surface area contributed by atoms with Crippen molar-refractivity contribution in [3.63, 3.8) is 0 Å². The van der Waals surface area contributed by atoms with Crippen LogP contribution >= 0.6 is 11.8 Å². The van der Waals surface area contributed by atoms with Gasteiger partial charge in [0.05, 0.1) is 5.69 Å². The Bertz CT molecular complexity index is 977. The summed E-state index contributed by atoms with van der Waals surface area (Å²) in [5.41, 5.74) is 3.45. The number of anilines is 2. The maximum absolute atomic E-state index is 9.91. The number of benzene rings is 2. The van der Waals surface area contributed by atoms with Gasteiger partial charge in [-0.3, -0.25) is 0 Å². The predicted molar refractivity (Wildman–Crippen MR) is 115 cm³/mol. The summed E-state index contributed by atoms with van der Waals surface area (Å²) in [6.07, 6.45) is 1.97. The number of piperazine rings is 1. The average molecular weight is 388 g/mol. The summed E-state index contributed by atoms with van der Waals surface area (Å²) < 4.78 is 0.